The summed E-state index contributed by atoms with van der Waals surface area (Å²) in [5, 5.41) is 10.5. The van der Waals surface area contributed by atoms with E-state index < -0.39 is 6.10 Å². The van der Waals surface area contributed by atoms with Crippen molar-refractivity contribution in [3.05, 3.63) is 29.8 Å². The van der Waals surface area contributed by atoms with Gasteiger partial charge in [-0.15, -0.1) is 0 Å². The van der Waals surface area contributed by atoms with Gasteiger partial charge in [-0.25, -0.2) is 0 Å². The Morgan fingerprint density at radius 3 is 2.68 bits per heavy atom. The number of hydrogen-bond acceptors (Lipinski definition) is 3. The van der Waals surface area contributed by atoms with Crippen LogP contribution >= 0.6 is 0 Å². The Bertz CT molecular complexity index is 424. The van der Waals surface area contributed by atoms with Crippen molar-refractivity contribution in [2.75, 3.05) is 6.61 Å². The molecule has 0 amide bonds. The first-order valence-corrected chi connectivity index (χ1v) is 7.34. The lowest BCUT2D eigenvalue weighted by Crippen LogP contribution is -2.24. The van der Waals surface area contributed by atoms with Crippen LogP contribution in [0.15, 0.2) is 24.3 Å². The summed E-state index contributed by atoms with van der Waals surface area (Å²) in [6.45, 7) is 2.63. The van der Waals surface area contributed by atoms with Crippen molar-refractivity contribution in [1.29, 1.82) is 0 Å². The number of hydrogen-bond donors (Lipinski definition) is 1. The number of ether oxygens (including phenoxy) is 2. The molecule has 0 radical (unpaired) electrons. The predicted molar refractivity (Wildman–Crippen MR) is 73.2 cm³/mol. The lowest BCUT2D eigenvalue weighted by atomic mass is 10.0. The first kappa shape index (κ1) is 12.9. The monoisotopic (exact) mass is 262 g/mol. The summed E-state index contributed by atoms with van der Waals surface area (Å²) >= 11 is 0. The Morgan fingerprint density at radius 2 is 2.05 bits per heavy atom. The largest absolute Gasteiger partial charge is 0.490 e. The molecular weight excluding hydrogens is 240 g/mol. The number of benzene rings is 1. The lowest BCUT2D eigenvalue weighted by molar-refractivity contribution is -0.0462. The van der Waals surface area contributed by atoms with E-state index in [1.165, 1.54) is 12.8 Å². The van der Waals surface area contributed by atoms with Gasteiger partial charge in [0.15, 0.2) is 0 Å². The van der Waals surface area contributed by atoms with Gasteiger partial charge in [-0.2, -0.15) is 0 Å². The van der Waals surface area contributed by atoms with Crippen LogP contribution in [0.5, 0.6) is 5.75 Å². The van der Waals surface area contributed by atoms with Crippen molar-refractivity contribution in [1.82, 2.24) is 0 Å². The van der Waals surface area contributed by atoms with E-state index in [1.54, 1.807) is 0 Å². The Balaban J connectivity index is 1.71. The SMILES string of the molecule is CCOC(C1CC1)C(O)c1cccc(OC2CC2)c1. The molecule has 0 saturated heterocycles. The van der Waals surface area contributed by atoms with Crippen molar-refractivity contribution < 1.29 is 14.6 Å². The summed E-state index contributed by atoms with van der Waals surface area (Å²) in [5.41, 5.74) is 0.906. The molecule has 2 unspecified atom stereocenters. The third-order valence-corrected chi connectivity index (χ3v) is 3.78. The summed E-state index contributed by atoms with van der Waals surface area (Å²) in [6, 6.07) is 7.82. The van der Waals surface area contributed by atoms with Gasteiger partial charge in [0.2, 0.25) is 0 Å². The maximum atomic E-state index is 10.5. The highest BCUT2D eigenvalue weighted by Crippen LogP contribution is 2.40. The maximum Gasteiger partial charge on any atom is 0.120 e. The van der Waals surface area contributed by atoms with Crippen LogP contribution in [-0.2, 0) is 4.74 Å². The van der Waals surface area contributed by atoms with Gasteiger partial charge in [-0.05, 0) is 56.2 Å². The molecule has 0 aromatic heterocycles. The maximum absolute atomic E-state index is 10.5. The van der Waals surface area contributed by atoms with E-state index in [0.717, 1.165) is 24.2 Å². The molecule has 0 heterocycles. The fraction of sp³-hybridized carbons (Fsp3) is 0.625. The van der Waals surface area contributed by atoms with E-state index in [0.29, 0.717) is 18.6 Å². The lowest BCUT2D eigenvalue weighted by Gasteiger charge is -2.23. The molecule has 3 nitrogen and oxygen atoms in total. The fourth-order valence-electron chi connectivity index (χ4n) is 2.44. The summed E-state index contributed by atoms with van der Waals surface area (Å²) in [7, 11) is 0. The summed E-state index contributed by atoms with van der Waals surface area (Å²) < 4.78 is 11.5. The van der Waals surface area contributed by atoms with E-state index in [4.69, 9.17) is 9.47 Å². The zero-order valence-electron chi connectivity index (χ0n) is 11.4. The number of aliphatic hydroxyl groups excluding tert-OH is 1. The van der Waals surface area contributed by atoms with E-state index >= 15 is 0 Å². The molecule has 2 aliphatic rings. The molecule has 0 spiro atoms. The number of rotatable bonds is 7. The fourth-order valence-corrected chi connectivity index (χ4v) is 2.44. The summed E-state index contributed by atoms with van der Waals surface area (Å²) in [5.74, 6) is 1.38. The minimum Gasteiger partial charge on any atom is -0.490 e. The standard InChI is InChI=1S/C16H22O3/c1-2-18-16(11-6-7-11)15(17)12-4-3-5-14(10-12)19-13-8-9-13/h3-5,10-11,13,15-17H,2,6-9H2,1H3. The summed E-state index contributed by atoms with van der Waals surface area (Å²) in [4.78, 5) is 0. The molecule has 0 aliphatic heterocycles. The van der Waals surface area contributed by atoms with Gasteiger partial charge in [-0.3, -0.25) is 0 Å². The van der Waals surface area contributed by atoms with Crippen LogP contribution in [0.2, 0.25) is 0 Å². The van der Waals surface area contributed by atoms with Crippen molar-refractivity contribution in [3.8, 4) is 5.75 Å². The highest BCUT2D eigenvalue weighted by Gasteiger charge is 2.37. The molecular formula is C16H22O3. The number of aliphatic hydroxyl groups is 1. The topological polar surface area (TPSA) is 38.7 Å². The second-order valence-corrected chi connectivity index (χ2v) is 5.59. The average molecular weight is 262 g/mol. The molecule has 2 fully saturated rings. The van der Waals surface area contributed by atoms with Crippen LogP contribution < -0.4 is 4.74 Å². The molecule has 1 aromatic carbocycles. The predicted octanol–water partition coefficient (Wildman–Crippen LogP) is 3.08. The van der Waals surface area contributed by atoms with Crippen molar-refractivity contribution in [2.24, 2.45) is 5.92 Å². The van der Waals surface area contributed by atoms with E-state index in [-0.39, 0.29) is 6.10 Å². The zero-order valence-corrected chi connectivity index (χ0v) is 11.4. The van der Waals surface area contributed by atoms with Crippen LogP contribution in [-0.4, -0.2) is 23.9 Å². The molecule has 2 saturated carbocycles. The normalized spacial score (nSPS) is 22.0. The second-order valence-electron chi connectivity index (χ2n) is 5.59. The smallest absolute Gasteiger partial charge is 0.120 e. The van der Waals surface area contributed by atoms with E-state index in [2.05, 4.69) is 0 Å². The van der Waals surface area contributed by atoms with Crippen LogP contribution in [0.25, 0.3) is 0 Å². The summed E-state index contributed by atoms with van der Waals surface area (Å²) in [6.07, 6.45) is 4.40. The molecule has 1 N–H and O–H groups in total. The first-order chi connectivity index (χ1) is 9.28. The van der Waals surface area contributed by atoms with Crippen molar-refractivity contribution in [2.45, 2.75) is 50.9 Å². The third kappa shape index (κ3) is 3.28. The van der Waals surface area contributed by atoms with Gasteiger partial charge in [0, 0.05) is 6.61 Å². The molecule has 3 rings (SSSR count). The highest BCUT2D eigenvalue weighted by atomic mass is 16.5. The van der Waals surface area contributed by atoms with Gasteiger partial charge in [0.25, 0.3) is 0 Å². The third-order valence-electron chi connectivity index (χ3n) is 3.78. The van der Waals surface area contributed by atoms with Gasteiger partial charge in [-0.1, -0.05) is 12.1 Å². The highest BCUT2D eigenvalue weighted by molar-refractivity contribution is 5.31. The van der Waals surface area contributed by atoms with Gasteiger partial charge in [0.05, 0.1) is 12.2 Å². The van der Waals surface area contributed by atoms with Gasteiger partial charge >= 0.3 is 0 Å². The minimum atomic E-state index is -0.546. The molecule has 0 bridgehead atoms. The van der Waals surface area contributed by atoms with Crippen LogP contribution in [0.4, 0.5) is 0 Å². The average Bonchev–Trinajstić information content (AvgIpc) is 3.28. The Morgan fingerprint density at radius 1 is 1.26 bits per heavy atom. The van der Waals surface area contributed by atoms with E-state index in [1.807, 2.05) is 31.2 Å². The van der Waals surface area contributed by atoms with Crippen LogP contribution in [0, 0.1) is 5.92 Å². The molecule has 1 aromatic rings. The van der Waals surface area contributed by atoms with Crippen molar-refractivity contribution >= 4 is 0 Å². The zero-order chi connectivity index (χ0) is 13.2. The molecule has 2 aliphatic carbocycles. The second kappa shape index (κ2) is 5.51. The molecule has 104 valence electrons. The Kier molecular flexibility index (Phi) is 3.76. The van der Waals surface area contributed by atoms with Gasteiger partial charge in [0.1, 0.15) is 11.9 Å². The van der Waals surface area contributed by atoms with Crippen molar-refractivity contribution in [3.63, 3.8) is 0 Å². The molecule has 2 atom stereocenters. The first-order valence-electron chi connectivity index (χ1n) is 7.34. The minimum absolute atomic E-state index is 0.0684. The molecule has 19 heavy (non-hydrogen) atoms. The van der Waals surface area contributed by atoms with Gasteiger partial charge < -0.3 is 14.6 Å². The Hall–Kier alpha value is -1.06. The van der Waals surface area contributed by atoms with E-state index in [9.17, 15) is 5.11 Å². The quantitative estimate of drug-likeness (QED) is 0.820. The Labute approximate surface area is 114 Å². The molecule has 3 heteroatoms. The van der Waals surface area contributed by atoms with Crippen LogP contribution in [0.1, 0.15) is 44.3 Å². The van der Waals surface area contributed by atoms with Crippen LogP contribution in [0.3, 0.4) is 0 Å².